The molecule has 3 N–H and O–H groups in total. The van der Waals surface area contributed by atoms with Gasteiger partial charge in [0.1, 0.15) is 11.3 Å². The van der Waals surface area contributed by atoms with E-state index in [2.05, 4.69) is 30.2 Å². The highest BCUT2D eigenvalue weighted by Gasteiger charge is 2.03. The number of nitrogens with zero attached hydrogens (tertiary/aromatic N) is 4. The molecular weight excluding hydrogens is 368 g/mol. The summed E-state index contributed by atoms with van der Waals surface area (Å²) in [5.41, 5.74) is 0.743. The molecular formula is C13H14N6O4S2. The highest BCUT2D eigenvalue weighted by atomic mass is 32.2. The van der Waals surface area contributed by atoms with Gasteiger partial charge < -0.3 is 5.32 Å². The average molecular weight is 382 g/mol. The van der Waals surface area contributed by atoms with Crippen LogP contribution >= 0.6 is 11.5 Å². The number of nitrogens with one attached hydrogen (secondary N) is 2. The summed E-state index contributed by atoms with van der Waals surface area (Å²) in [6.45, 7) is 0. The first-order chi connectivity index (χ1) is 12.1. The smallest absolute Gasteiger partial charge is 0.308 e. The summed E-state index contributed by atoms with van der Waals surface area (Å²) in [5.74, 6) is 0. The fourth-order valence-corrected chi connectivity index (χ4v) is 1.69. The van der Waals surface area contributed by atoms with E-state index in [1.807, 2.05) is 30.3 Å². The van der Waals surface area contributed by atoms with Gasteiger partial charge in [-0.05, 0) is 18.2 Å². The molecule has 2 amide bonds. The van der Waals surface area contributed by atoms with Gasteiger partial charge >= 0.3 is 6.03 Å². The van der Waals surface area contributed by atoms with E-state index in [9.17, 15) is 4.79 Å². The average Bonchev–Trinajstić information content (AvgIpc) is 3.10. The summed E-state index contributed by atoms with van der Waals surface area (Å²) in [6.07, 6.45) is 6.37. The van der Waals surface area contributed by atoms with Crippen LogP contribution in [-0.4, -0.2) is 38.6 Å². The van der Waals surface area contributed by atoms with Crippen LogP contribution in [0.5, 0.6) is 0 Å². The second-order valence-electron chi connectivity index (χ2n) is 3.87. The lowest BCUT2D eigenvalue weighted by Gasteiger charge is -2.04. The van der Waals surface area contributed by atoms with E-state index in [-0.39, 0.29) is 6.03 Å². The van der Waals surface area contributed by atoms with Gasteiger partial charge in [-0.15, -0.1) is 5.10 Å². The number of aromatic nitrogens is 4. The summed E-state index contributed by atoms with van der Waals surface area (Å²) in [5, 5.41) is 9.52. The number of hydrogen-bond donors (Lipinski definition) is 4. The maximum atomic E-state index is 11.4. The lowest BCUT2D eigenvalue weighted by Crippen LogP contribution is -2.18. The SMILES string of the molecule is O=C(Nc1ccccc1)Nc1cnns1.O=[SH](=O)O.c1cncnc1. The number of thiol groups is 1. The predicted octanol–water partition coefficient (Wildman–Crippen LogP) is 1.73. The number of carbonyl (C=O) groups is 1. The third-order valence-corrected chi connectivity index (χ3v) is 2.69. The monoisotopic (exact) mass is 382 g/mol. The van der Waals surface area contributed by atoms with Crippen molar-refractivity contribution in [2.45, 2.75) is 0 Å². The Morgan fingerprint density at radius 3 is 2.12 bits per heavy atom. The molecule has 132 valence electrons. The van der Waals surface area contributed by atoms with Crippen molar-refractivity contribution >= 4 is 39.2 Å². The second kappa shape index (κ2) is 12.5. The molecule has 0 aliphatic heterocycles. The zero-order valence-electron chi connectivity index (χ0n) is 12.6. The molecule has 0 fully saturated rings. The Morgan fingerprint density at radius 1 is 1.04 bits per heavy atom. The van der Waals surface area contributed by atoms with Crippen LogP contribution in [0.2, 0.25) is 0 Å². The Morgan fingerprint density at radius 2 is 1.68 bits per heavy atom. The number of carbonyl (C=O) groups excluding carboxylic acids is 1. The molecule has 10 nitrogen and oxygen atoms in total. The van der Waals surface area contributed by atoms with Crippen molar-refractivity contribution in [3.63, 3.8) is 0 Å². The lowest BCUT2D eigenvalue weighted by atomic mass is 10.3. The Hall–Kier alpha value is -2.96. The Kier molecular flexibility index (Phi) is 10.0. The van der Waals surface area contributed by atoms with E-state index in [0.29, 0.717) is 5.00 Å². The standard InChI is InChI=1S/C9H8N4OS.C4H4N2.H2O3S/c14-9(12-8-6-10-13-15-8)11-7-4-2-1-3-5-7;1-2-5-4-6-3-1;1-4(2)3/h1-6H,(H2,11,12,14);1-4H;4H,(H,1,2,3). The summed E-state index contributed by atoms with van der Waals surface area (Å²) < 4.78 is 27.8. The largest absolute Gasteiger partial charge is 0.324 e. The van der Waals surface area contributed by atoms with Gasteiger partial charge in [0.15, 0.2) is 0 Å². The van der Waals surface area contributed by atoms with Crippen molar-refractivity contribution in [2.24, 2.45) is 0 Å². The van der Waals surface area contributed by atoms with Crippen molar-refractivity contribution < 1.29 is 17.8 Å². The Labute approximate surface area is 148 Å². The van der Waals surface area contributed by atoms with Gasteiger partial charge in [0.25, 0.3) is 11.0 Å². The van der Waals surface area contributed by atoms with Crippen molar-refractivity contribution in [1.29, 1.82) is 0 Å². The van der Waals surface area contributed by atoms with E-state index >= 15 is 0 Å². The first-order valence-electron chi connectivity index (χ1n) is 6.51. The van der Waals surface area contributed by atoms with Crippen LogP contribution in [0.15, 0.2) is 61.3 Å². The van der Waals surface area contributed by atoms with Gasteiger partial charge in [0, 0.05) is 29.6 Å². The van der Waals surface area contributed by atoms with Crippen molar-refractivity contribution in [3.05, 3.63) is 61.3 Å². The van der Waals surface area contributed by atoms with Gasteiger partial charge in [-0.25, -0.2) is 23.2 Å². The van der Waals surface area contributed by atoms with Gasteiger partial charge in [0.2, 0.25) is 0 Å². The minimum absolute atomic E-state index is 0.299. The van der Waals surface area contributed by atoms with Crippen LogP contribution in [0.4, 0.5) is 15.5 Å². The molecule has 0 saturated carbocycles. The van der Waals surface area contributed by atoms with Crippen LogP contribution in [0.3, 0.4) is 0 Å². The molecule has 3 aromatic rings. The minimum Gasteiger partial charge on any atom is -0.308 e. The van der Waals surface area contributed by atoms with E-state index in [1.165, 1.54) is 12.5 Å². The third kappa shape index (κ3) is 11.2. The fourth-order valence-electron chi connectivity index (χ4n) is 1.27. The topological polar surface area (TPSA) is 147 Å². The molecule has 2 heterocycles. The van der Waals surface area contributed by atoms with Gasteiger partial charge in [-0.2, -0.15) is 0 Å². The number of para-hydroxylation sites is 1. The van der Waals surface area contributed by atoms with Crippen molar-refractivity contribution in [1.82, 2.24) is 19.6 Å². The quantitative estimate of drug-likeness (QED) is 0.387. The van der Waals surface area contributed by atoms with E-state index in [1.54, 1.807) is 18.5 Å². The molecule has 0 spiro atoms. The number of urea groups is 1. The van der Waals surface area contributed by atoms with E-state index in [0.717, 1.165) is 17.2 Å². The first kappa shape index (κ1) is 20.1. The molecule has 0 bridgehead atoms. The van der Waals surface area contributed by atoms with Crippen LogP contribution in [0.1, 0.15) is 0 Å². The molecule has 0 unspecified atom stereocenters. The number of benzene rings is 1. The zero-order valence-corrected chi connectivity index (χ0v) is 14.3. The maximum absolute atomic E-state index is 11.4. The molecule has 0 radical (unpaired) electrons. The second-order valence-corrected chi connectivity index (χ2v) is 5.13. The van der Waals surface area contributed by atoms with E-state index in [4.69, 9.17) is 13.0 Å². The molecule has 1 aromatic carbocycles. The zero-order chi connectivity index (χ0) is 18.3. The molecule has 0 atom stereocenters. The molecule has 3 rings (SSSR count). The Balaban J connectivity index is 0.000000257. The summed E-state index contributed by atoms with van der Waals surface area (Å²) in [7, 11) is -3.12. The molecule has 12 heteroatoms. The van der Waals surface area contributed by atoms with Crippen LogP contribution in [0, 0.1) is 0 Å². The Bertz CT molecular complexity index is 750. The fraction of sp³-hybridized carbons (Fsp3) is 0. The molecule has 0 saturated heterocycles. The number of amides is 2. The van der Waals surface area contributed by atoms with Gasteiger partial charge in [-0.1, -0.05) is 22.7 Å². The number of hydrogen-bond acceptors (Lipinski definition) is 8. The van der Waals surface area contributed by atoms with Crippen LogP contribution < -0.4 is 10.6 Å². The predicted molar refractivity (Wildman–Crippen MR) is 94.0 cm³/mol. The van der Waals surface area contributed by atoms with Gasteiger partial charge in [-0.3, -0.25) is 9.87 Å². The number of rotatable bonds is 2. The maximum Gasteiger partial charge on any atom is 0.324 e. The van der Waals surface area contributed by atoms with Crippen LogP contribution in [-0.2, 0) is 11.0 Å². The summed E-state index contributed by atoms with van der Waals surface area (Å²) >= 11 is 1.13. The van der Waals surface area contributed by atoms with E-state index < -0.39 is 11.0 Å². The van der Waals surface area contributed by atoms with Crippen LogP contribution in [0.25, 0.3) is 0 Å². The summed E-state index contributed by atoms with van der Waals surface area (Å²) in [6, 6.07) is 10.7. The molecule has 0 aliphatic rings. The highest BCUT2D eigenvalue weighted by Crippen LogP contribution is 2.10. The van der Waals surface area contributed by atoms with Gasteiger partial charge in [0.05, 0.1) is 6.20 Å². The molecule has 2 aromatic heterocycles. The lowest BCUT2D eigenvalue weighted by molar-refractivity contribution is 0.262. The third-order valence-electron chi connectivity index (χ3n) is 2.11. The highest BCUT2D eigenvalue weighted by molar-refractivity contribution is 7.66. The van der Waals surface area contributed by atoms with Crippen molar-refractivity contribution in [2.75, 3.05) is 10.6 Å². The van der Waals surface area contributed by atoms with Crippen molar-refractivity contribution in [3.8, 4) is 0 Å². The first-order valence-corrected chi connectivity index (χ1v) is 8.42. The number of anilines is 2. The molecule has 25 heavy (non-hydrogen) atoms. The summed E-state index contributed by atoms with van der Waals surface area (Å²) in [4.78, 5) is 18.8. The minimum atomic E-state index is -3.12. The normalized spacial score (nSPS) is 9.04. The molecule has 0 aliphatic carbocycles.